The fourth-order valence-electron chi connectivity index (χ4n) is 4.71. The number of fused-ring (bicyclic) bond motifs is 3. The van der Waals surface area contributed by atoms with E-state index in [2.05, 4.69) is 31.6 Å². The van der Waals surface area contributed by atoms with E-state index >= 15 is 0 Å². The van der Waals surface area contributed by atoms with Crippen molar-refractivity contribution in [2.75, 3.05) is 36.9 Å². The van der Waals surface area contributed by atoms with Crippen molar-refractivity contribution in [3.8, 4) is 17.2 Å². The molecule has 1 atom stereocenters. The van der Waals surface area contributed by atoms with E-state index in [4.69, 9.17) is 19.9 Å². The van der Waals surface area contributed by atoms with Crippen molar-refractivity contribution >= 4 is 22.5 Å². The summed E-state index contributed by atoms with van der Waals surface area (Å²) in [4.78, 5) is 11.0. The molecule has 0 spiro atoms. The van der Waals surface area contributed by atoms with E-state index in [0.29, 0.717) is 12.4 Å². The summed E-state index contributed by atoms with van der Waals surface area (Å²) in [5.41, 5.74) is 12.2. The molecule has 0 bridgehead atoms. The molecular formula is C25H25N5O3. The molecule has 0 amide bonds. The molecule has 1 unspecified atom stereocenters. The normalized spacial score (nSPS) is 18.0. The Kier molecular flexibility index (Phi) is 4.89. The predicted octanol–water partition coefficient (Wildman–Crippen LogP) is 4.22. The minimum atomic E-state index is -0.0283. The molecule has 6 rings (SSSR count). The SMILES string of the molecule is CC1OCc2c1c1ncnc(N)c1n2-c1ccc(Oc2cccc(N3CCOCC3)c2)cc1. The molecular weight excluding hydrogens is 418 g/mol. The molecule has 1 saturated heterocycles. The molecule has 33 heavy (non-hydrogen) atoms. The Morgan fingerprint density at radius 3 is 2.64 bits per heavy atom. The Balaban J connectivity index is 1.31. The maximum absolute atomic E-state index is 6.26. The third kappa shape index (κ3) is 3.48. The standard InChI is InChI=1S/C25H25N5O3/c1-16-22-21(14-32-16)30(24-23(22)27-15-28-25(24)26)17-5-7-19(8-6-17)33-20-4-2-3-18(13-20)29-9-11-31-12-10-29/h2-8,13,15-16H,9-12,14H2,1H3,(H2,26,27,28). The van der Waals surface area contributed by atoms with Gasteiger partial charge in [0.2, 0.25) is 0 Å². The summed E-state index contributed by atoms with van der Waals surface area (Å²) < 4.78 is 19.6. The van der Waals surface area contributed by atoms with Crippen LogP contribution in [0.3, 0.4) is 0 Å². The van der Waals surface area contributed by atoms with E-state index in [-0.39, 0.29) is 6.10 Å². The van der Waals surface area contributed by atoms with Gasteiger partial charge >= 0.3 is 0 Å². The second-order valence-corrected chi connectivity index (χ2v) is 8.30. The van der Waals surface area contributed by atoms with Gasteiger partial charge in [-0.25, -0.2) is 9.97 Å². The summed E-state index contributed by atoms with van der Waals surface area (Å²) in [6.45, 7) is 5.84. The van der Waals surface area contributed by atoms with Gasteiger partial charge in [-0.15, -0.1) is 0 Å². The summed E-state index contributed by atoms with van der Waals surface area (Å²) in [5.74, 6) is 2.03. The summed E-state index contributed by atoms with van der Waals surface area (Å²) in [5, 5.41) is 0. The minimum absolute atomic E-state index is 0.0283. The van der Waals surface area contributed by atoms with Crippen LogP contribution in [0.5, 0.6) is 11.5 Å². The average Bonchev–Trinajstić information content (AvgIpc) is 3.39. The van der Waals surface area contributed by atoms with Crippen molar-refractivity contribution in [3.63, 3.8) is 0 Å². The smallest absolute Gasteiger partial charge is 0.151 e. The number of hydrogen-bond acceptors (Lipinski definition) is 7. The number of aromatic nitrogens is 3. The summed E-state index contributed by atoms with van der Waals surface area (Å²) in [6.07, 6.45) is 1.48. The van der Waals surface area contributed by atoms with Gasteiger partial charge in [0, 0.05) is 36.1 Å². The highest BCUT2D eigenvalue weighted by molar-refractivity contribution is 5.91. The van der Waals surface area contributed by atoms with Crippen molar-refractivity contribution in [1.29, 1.82) is 0 Å². The molecule has 2 aliphatic rings. The third-order valence-corrected chi connectivity index (χ3v) is 6.31. The fraction of sp³-hybridized carbons (Fsp3) is 0.280. The molecule has 0 radical (unpaired) electrons. The highest BCUT2D eigenvalue weighted by Gasteiger charge is 2.30. The van der Waals surface area contributed by atoms with E-state index in [1.165, 1.54) is 6.33 Å². The first kappa shape index (κ1) is 20.0. The summed E-state index contributed by atoms with van der Waals surface area (Å²) >= 11 is 0. The molecule has 168 valence electrons. The molecule has 0 saturated carbocycles. The van der Waals surface area contributed by atoms with Crippen LogP contribution in [0.2, 0.25) is 0 Å². The van der Waals surface area contributed by atoms with Crippen LogP contribution in [-0.2, 0) is 16.1 Å². The van der Waals surface area contributed by atoms with Gasteiger partial charge in [0.05, 0.1) is 31.6 Å². The lowest BCUT2D eigenvalue weighted by Crippen LogP contribution is -2.36. The largest absolute Gasteiger partial charge is 0.457 e. The number of nitrogens with two attached hydrogens (primary N) is 1. The highest BCUT2D eigenvalue weighted by atomic mass is 16.5. The molecule has 2 aromatic heterocycles. The monoisotopic (exact) mass is 443 g/mol. The number of ether oxygens (including phenoxy) is 3. The third-order valence-electron chi connectivity index (χ3n) is 6.31. The van der Waals surface area contributed by atoms with Crippen LogP contribution in [-0.4, -0.2) is 40.8 Å². The van der Waals surface area contributed by atoms with Gasteiger partial charge in [-0.3, -0.25) is 0 Å². The van der Waals surface area contributed by atoms with Gasteiger partial charge < -0.3 is 29.4 Å². The van der Waals surface area contributed by atoms with Crippen molar-refractivity contribution in [1.82, 2.24) is 14.5 Å². The molecule has 4 heterocycles. The fourth-order valence-corrected chi connectivity index (χ4v) is 4.71. The Morgan fingerprint density at radius 2 is 1.82 bits per heavy atom. The molecule has 2 N–H and O–H groups in total. The average molecular weight is 444 g/mol. The van der Waals surface area contributed by atoms with Gasteiger partial charge in [-0.2, -0.15) is 0 Å². The number of rotatable bonds is 4. The zero-order valence-electron chi connectivity index (χ0n) is 18.4. The maximum Gasteiger partial charge on any atom is 0.151 e. The Bertz CT molecular complexity index is 1310. The zero-order chi connectivity index (χ0) is 22.4. The maximum atomic E-state index is 6.26. The van der Waals surface area contributed by atoms with Crippen LogP contribution >= 0.6 is 0 Å². The molecule has 8 nitrogen and oxygen atoms in total. The van der Waals surface area contributed by atoms with Gasteiger partial charge in [0.25, 0.3) is 0 Å². The van der Waals surface area contributed by atoms with E-state index in [1.807, 2.05) is 43.3 Å². The van der Waals surface area contributed by atoms with E-state index in [9.17, 15) is 0 Å². The molecule has 8 heteroatoms. The highest BCUT2D eigenvalue weighted by Crippen LogP contribution is 2.41. The lowest BCUT2D eigenvalue weighted by molar-refractivity contribution is 0.0783. The second kappa shape index (κ2) is 8.06. The zero-order valence-corrected chi connectivity index (χ0v) is 18.4. The predicted molar refractivity (Wildman–Crippen MR) is 126 cm³/mol. The first-order valence-corrected chi connectivity index (χ1v) is 11.2. The van der Waals surface area contributed by atoms with Gasteiger partial charge in [0.1, 0.15) is 28.9 Å². The molecule has 2 aliphatic heterocycles. The first-order chi connectivity index (χ1) is 16.2. The quantitative estimate of drug-likeness (QED) is 0.505. The number of hydrogen-bond donors (Lipinski definition) is 1. The molecule has 2 aromatic carbocycles. The van der Waals surface area contributed by atoms with Crippen LogP contribution in [0, 0.1) is 0 Å². The lowest BCUT2D eigenvalue weighted by Gasteiger charge is -2.29. The van der Waals surface area contributed by atoms with Gasteiger partial charge in [-0.05, 0) is 43.3 Å². The van der Waals surface area contributed by atoms with Crippen LogP contribution in [0.15, 0.2) is 54.9 Å². The van der Waals surface area contributed by atoms with Crippen molar-refractivity contribution in [3.05, 3.63) is 66.1 Å². The minimum Gasteiger partial charge on any atom is -0.457 e. The van der Waals surface area contributed by atoms with Crippen molar-refractivity contribution in [2.24, 2.45) is 0 Å². The van der Waals surface area contributed by atoms with E-state index < -0.39 is 0 Å². The van der Waals surface area contributed by atoms with E-state index in [1.54, 1.807) is 0 Å². The number of nitrogens with zero attached hydrogens (tertiary/aromatic N) is 4. The summed E-state index contributed by atoms with van der Waals surface area (Å²) in [6, 6.07) is 16.2. The van der Waals surface area contributed by atoms with Gasteiger partial charge in [0.15, 0.2) is 5.82 Å². The van der Waals surface area contributed by atoms with Gasteiger partial charge in [-0.1, -0.05) is 6.07 Å². The number of nitrogen functional groups attached to an aromatic ring is 1. The molecule has 1 fully saturated rings. The Hall–Kier alpha value is -3.62. The molecule has 4 aromatic rings. The lowest BCUT2D eigenvalue weighted by atomic mass is 10.1. The second-order valence-electron chi connectivity index (χ2n) is 8.30. The summed E-state index contributed by atoms with van der Waals surface area (Å²) in [7, 11) is 0. The first-order valence-electron chi connectivity index (χ1n) is 11.2. The van der Waals surface area contributed by atoms with Crippen molar-refractivity contribution in [2.45, 2.75) is 19.6 Å². The van der Waals surface area contributed by atoms with Crippen LogP contribution in [0.4, 0.5) is 11.5 Å². The number of anilines is 2. The van der Waals surface area contributed by atoms with Crippen LogP contribution < -0.4 is 15.4 Å². The molecule has 0 aliphatic carbocycles. The number of morpholine rings is 1. The van der Waals surface area contributed by atoms with E-state index in [0.717, 1.165) is 71.5 Å². The Labute approximate surface area is 191 Å². The van der Waals surface area contributed by atoms with Crippen molar-refractivity contribution < 1.29 is 14.2 Å². The number of benzene rings is 2. The topological polar surface area (TPSA) is 87.7 Å². The van der Waals surface area contributed by atoms with Crippen LogP contribution in [0.1, 0.15) is 24.3 Å². The van der Waals surface area contributed by atoms with Crippen LogP contribution in [0.25, 0.3) is 16.7 Å². The Morgan fingerprint density at radius 1 is 1.00 bits per heavy atom.